The lowest BCUT2D eigenvalue weighted by Crippen LogP contribution is -2.38. The summed E-state index contributed by atoms with van der Waals surface area (Å²) in [5.74, 6) is 0.542. The molecular formula is C27H23F2N3O3S2. The number of hydrogen-bond acceptors (Lipinski definition) is 7. The van der Waals surface area contributed by atoms with Gasteiger partial charge in [-0.15, -0.1) is 22.7 Å². The summed E-state index contributed by atoms with van der Waals surface area (Å²) < 4.78 is 38.6. The maximum absolute atomic E-state index is 14.1. The number of amides is 1. The highest BCUT2D eigenvalue weighted by atomic mass is 32.1. The highest BCUT2D eigenvalue weighted by Gasteiger charge is 2.26. The third kappa shape index (κ3) is 5.08. The average molecular weight is 540 g/mol. The highest BCUT2D eigenvalue weighted by Crippen LogP contribution is 2.37. The number of nitrogens with zero attached hydrogens (tertiary/aromatic N) is 3. The number of halogens is 2. The van der Waals surface area contributed by atoms with Crippen molar-refractivity contribution in [3.05, 3.63) is 69.5 Å². The van der Waals surface area contributed by atoms with E-state index in [0.29, 0.717) is 42.9 Å². The molecule has 0 N–H and O–H groups in total. The average Bonchev–Trinajstić information content (AvgIpc) is 3.59. The highest BCUT2D eigenvalue weighted by molar-refractivity contribution is 7.13. The van der Waals surface area contributed by atoms with Crippen molar-refractivity contribution in [3.8, 4) is 33.3 Å². The van der Waals surface area contributed by atoms with Gasteiger partial charge < -0.3 is 14.4 Å². The molecule has 2 aliphatic rings. The van der Waals surface area contributed by atoms with Crippen LogP contribution in [0.15, 0.2) is 47.2 Å². The molecule has 10 heteroatoms. The van der Waals surface area contributed by atoms with Crippen LogP contribution in [0.1, 0.15) is 29.5 Å². The number of aromatic nitrogens is 2. The summed E-state index contributed by atoms with van der Waals surface area (Å²) in [5, 5.41) is 5.36. The Morgan fingerprint density at radius 3 is 2.59 bits per heavy atom. The Hall–Kier alpha value is -3.37. The van der Waals surface area contributed by atoms with Crippen LogP contribution in [0.5, 0.6) is 11.5 Å². The first-order valence-electron chi connectivity index (χ1n) is 12.1. The van der Waals surface area contributed by atoms with Crippen LogP contribution in [0.25, 0.3) is 21.8 Å². The van der Waals surface area contributed by atoms with Gasteiger partial charge in [0.1, 0.15) is 29.9 Å². The molecular weight excluding hydrogens is 516 g/mol. The van der Waals surface area contributed by atoms with Crippen molar-refractivity contribution < 1.29 is 23.0 Å². The zero-order valence-electron chi connectivity index (χ0n) is 19.8. The molecule has 0 unspecified atom stereocenters. The van der Waals surface area contributed by atoms with E-state index in [9.17, 15) is 13.6 Å². The Morgan fingerprint density at radius 2 is 1.78 bits per heavy atom. The van der Waals surface area contributed by atoms with Crippen LogP contribution in [0.4, 0.5) is 8.78 Å². The quantitative estimate of drug-likeness (QED) is 0.315. The van der Waals surface area contributed by atoms with Gasteiger partial charge in [-0.05, 0) is 43.2 Å². The number of ether oxygens (including phenoxy) is 2. The van der Waals surface area contributed by atoms with Crippen LogP contribution >= 0.6 is 22.7 Å². The van der Waals surface area contributed by atoms with Crippen molar-refractivity contribution in [2.45, 2.75) is 25.2 Å². The molecule has 37 heavy (non-hydrogen) atoms. The number of benzene rings is 2. The van der Waals surface area contributed by atoms with Gasteiger partial charge in [-0.1, -0.05) is 0 Å². The van der Waals surface area contributed by atoms with E-state index in [-0.39, 0.29) is 17.9 Å². The molecule has 2 aromatic carbocycles. The van der Waals surface area contributed by atoms with Gasteiger partial charge in [0.15, 0.2) is 11.5 Å². The molecule has 1 saturated heterocycles. The second-order valence-electron chi connectivity index (χ2n) is 9.03. The molecule has 4 heterocycles. The number of rotatable bonds is 5. The Bertz CT molecular complexity index is 1450. The van der Waals surface area contributed by atoms with E-state index in [1.165, 1.54) is 23.5 Å². The fraction of sp³-hybridized carbons (Fsp3) is 0.296. The van der Waals surface area contributed by atoms with Crippen LogP contribution in [0, 0.1) is 11.6 Å². The normalized spacial score (nSPS) is 15.7. The van der Waals surface area contributed by atoms with E-state index in [1.807, 2.05) is 23.1 Å². The number of hydrogen-bond donors (Lipinski definition) is 0. The second kappa shape index (κ2) is 10.2. The maximum Gasteiger partial charge on any atom is 0.228 e. The van der Waals surface area contributed by atoms with E-state index < -0.39 is 11.6 Å². The number of likely N-dealkylation sites (tertiary alicyclic amines) is 1. The van der Waals surface area contributed by atoms with Crippen molar-refractivity contribution in [2.75, 3.05) is 26.3 Å². The van der Waals surface area contributed by atoms with Gasteiger partial charge in [0.05, 0.1) is 22.8 Å². The maximum atomic E-state index is 14.1. The zero-order chi connectivity index (χ0) is 25.4. The molecule has 6 rings (SSSR count). The van der Waals surface area contributed by atoms with E-state index in [4.69, 9.17) is 14.5 Å². The smallest absolute Gasteiger partial charge is 0.228 e. The lowest BCUT2D eigenvalue weighted by atomic mass is 9.97. The summed E-state index contributed by atoms with van der Waals surface area (Å²) >= 11 is 2.90. The fourth-order valence-electron chi connectivity index (χ4n) is 4.63. The molecule has 1 amide bonds. The predicted octanol–water partition coefficient (Wildman–Crippen LogP) is 5.93. The van der Waals surface area contributed by atoms with Gasteiger partial charge in [-0.2, -0.15) is 0 Å². The minimum atomic E-state index is -0.659. The first-order valence-corrected chi connectivity index (χ1v) is 13.8. The number of carbonyl (C=O) groups is 1. The molecule has 2 aromatic heterocycles. The first kappa shape index (κ1) is 24.0. The SMILES string of the molecule is O=C(Cc1csc(-c2ccc(F)cc2F)n1)N1CCC(c2nc(-c3ccc4c(c3)OCCO4)cs2)CC1. The third-order valence-corrected chi connectivity index (χ3v) is 8.53. The van der Waals surface area contributed by atoms with Crippen molar-refractivity contribution in [1.82, 2.24) is 14.9 Å². The topological polar surface area (TPSA) is 64.6 Å². The van der Waals surface area contributed by atoms with Crippen molar-refractivity contribution in [2.24, 2.45) is 0 Å². The monoisotopic (exact) mass is 539 g/mol. The summed E-state index contributed by atoms with van der Waals surface area (Å²) in [6.07, 6.45) is 1.86. The van der Waals surface area contributed by atoms with E-state index in [2.05, 4.69) is 10.4 Å². The van der Waals surface area contributed by atoms with E-state index in [0.717, 1.165) is 46.7 Å². The lowest BCUT2D eigenvalue weighted by Gasteiger charge is -2.31. The molecule has 190 valence electrons. The Kier molecular flexibility index (Phi) is 6.60. The van der Waals surface area contributed by atoms with Crippen LogP contribution in [0.2, 0.25) is 0 Å². The number of piperidine rings is 1. The predicted molar refractivity (Wildman–Crippen MR) is 138 cm³/mol. The van der Waals surface area contributed by atoms with Gasteiger partial charge in [-0.3, -0.25) is 4.79 Å². The standard InChI is InChI=1S/C27H23F2N3O3S2/c28-18-2-3-20(21(29)12-18)27-30-19(14-36-27)13-25(33)32-7-5-16(6-8-32)26-31-22(15-37-26)17-1-4-23-24(11-17)35-10-9-34-23/h1-4,11-12,14-16H,5-10,13H2. The van der Waals surface area contributed by atoms with E-state index in [1.54, 1.807) is 16.7 Å². The van der Waals surface area contributed by atoms with Crippen LogP contribution in [0.3, 0.4) is 0 Å². The third-order valence-electron chi connectivity index (χ3n) is 6.60. The number of carbonyl (C=O) groups excluding carboxylic acids is 1. The zero-order valence-corrected chi connectivity index (χ0v) is 21.4. The molecule has 0 radical (unpaired) electrons. The van der Waals surface area contributed by atoms with Crippen molar-refractivity contribution >= 4 is 28.6 Å². The lowest BCUT2D eigenvalue weighted by molar-refractivity contribution is -0.131. The van der Waals surface area contributed by atoms with Gasteiger partial charge in [0.2, 0.25) is 5.91 Å². The van der Waals surface area contributed by atoms with Crippen LogP contribution < -0.4 is 9.47 Å². The summed E-state index contributed by atoms with van der Waals surface area (Å²) in [4.78, 5) is 24.1. The van der Waals surface area contributed by atoms with Crippen molar-refractivity contribution in [1.29, 1.82) is 0 Å². The molecule has 0 bridgehead atoms. The van der Waals surface area contributed by atoms with Crippen LogP contribution in [-0.4, -0.2) is 47.1 Å². The summed E-state index contributed by atoms with van der Waals surface area (Å²) in [6, 6.07) is 9.32. The molecule has 0 saturated carbocycles. The molecule has 2 aliphatic heterocycles. The fourth-order valence-corrected chi connectivity index (χ4v) is 6.47. The largest absolute Gasteiger partial charge is 0.486 e. The minimum absolute atomic E-state index is 0.00554. The molecule has 0 atom stereocenters. The Balaban J connectivity index is 1.06. The van der Waals surface area contributed by atoms with Gasteiger partial charge in [0, 0.05) is 47.0 Å². The van der Waals surface area contributed by atoms with E-state index >= 15 is 0 Å². The minimum Gasteiger partial charge on any atom is -0.486 e. The molecule has 4 aromatic rings. The number of thiazole rings is 2. The van der Waals surface area contributed by atoms with Crippen LogP contribution in [-0.2, 0) is 11.2 Å². The summed E-state index contributed by atoms with van der Waals surface area (Å²) in [5.41, 5.74) is 2.76. The Labute approximate surface area is 220 Å². The van der Waals surface area contributed by atoms with Gasteiger partial charge in [0.25, 0.3) is 0 Å². The summed E-state index contributed by atoms with van der Waals surface area (Å²) in [7, 11) is 0. The summed E-state index contributed by atoms with van der Waals surface area (Å²) in [6.45, 7) is 2.43. The molecule has 6 nitrogen and oxygen atoms in total. The molecule has 1 fully saturated rings. The number of fused-ring (bicyclic) bond motifs is 1. The molecule has 0 spiro atoms. The molecule has 0 aliphatic carbocycles. The Morgan fingerprint density at radius 1 is 0.973 bits per heavy atom. The first-order chi connectivity index (χ1) is 18.0. The van der Waals surface area contributed by atoms with Gasteiger partial charge >= 0.3 is 0 Å². The second-order valence-corrected chi connectivity index (χ2v) is 10.8. The van der Waals surface area contributed by atoms with Gasteiger partial charge in [-0.25, -0.2) is 18.7 Å². The van der Waals surface area contributed by atoms with Crippen molar-refractivity contribution in [3.63, 3.8) is 0 Å².